The molecule has 0 N–H and O–H groups in total. The Labute approximate surface area is 379 Å². The van der Waals surface area contributed by atoms with Gasteiger partial charge in [-0.05, 0) is 90.8 Å². The quantitative estimate of drug-likeness (QED) is 0.156. The molecule has 0 atom stereocenters. The fourth-order valence-corrected chi connectivity index (χ4v) is 7.74. The van der Waals surface area contributed by atoms with Gasteiger partial charge in [-0.25, -0.2) is 4.98 Å². The first-order chi connectivity index (χ1) is 27.7. The summed E-state index contributed by atoms with van der Waals surface area (Å²) >= 11 is 0. The van der Waals surface area contributed by atoms with Crippen molar-refractivity contribution in [3.8, 4) is 28.4 Å². The van der Waals surface area contributed by atoms with E-state index in [9.17, 15) is 0 Å². The third kappa shape index (κ3) is 9.38. The Balaban J connectivity index is 0.00000311. The van der Waals surface area contributed by atoms with E-state index in [0.717, 1.165) is 39.0 Å². The van der Waals surface area contributed by atoms with Gasteiger partial charge in [0, 0.05) is 62.4 Å². The first-order valence-corrected chi connectivity index (χ1v) is 20.9. The first kappa shape index (κ1) is 45.4. The third-order valence-corrected chi connectivity index (χ3v) is 11.5. The van der Waals surface area contributed by atoms with E-state index in [1.165, 1.54) is 33.4 Å². The molecule has 0 spiro atoms. The van der Waals surface area contributed by atoms with Crippen molar-refractivity contribution in [3.05, 3.63) is 164 Å². The molecule has 6 heteroatoms. The second kappa shape index (κ2) is 16.6. The maximum Gasteiger partial charge on any atom is 0.135 e. The molecule has 0 aliphatic carbocycles. The van der Waals surface area contributed by atoms with E-state index in [4.69, 9.17) is 9.72 Å². The normalized spacial score (nSPS) is 13.4. The van der Waals surface area contributed by atoms with E-state index in [0.29, 0.717) is 18.2 Å². The molecule has 0 amide bonds. The van der Waals surface area contributed by atoms with Crippen molar-refractivity contribution in [1.82, 2.24) is 9.55 Å². The number of rotatable bonds is 6. The van der Waals surface area contributed by atoms with E-state index >= 15 is 0 Å². The smallest absolute Gasteiger partial charge is 0.135 e. The third-order valence-electron chi connectivity index (χ3n) is 11.5. The van der Waals surface area contributed by atoms with Gasteiger partial charge in [-0.1, -0.05) is 137 Å². The van der Waals surface area contributed by atoms with Crippen LogP contribution in [0.4, 0.5) is 11.4 Å². The second-order valence-electron chi connectivity index (χ2n) is 20.3. The van der Waals surface area contributed by atoms with Crippen LogP contribution in [0.25, 0.3) is 38.8 Å². The van der Waals surface area contributed by atoms with Crippen molar-refractivity contribution in [2.24, 2.45) is 0 Å². The van der Waals surface area contributed by atoms with Gasteiger partial charge in [0.05, 0.1) is 6.67 Å². The zero-order valence-electron chi connectivity index (χ0n) is 38.3. The molecular formula is C55H61N4OPt-3. The Hall–Kier alpha value is -5.12. The zero-order valence-corrected chi connectivity index (χ0v) is 40.5. The number of hydrogen-bond acceptors (Lipinski definition) is 4. The van der Waals surface area contributed by atoms with Gasteiger partial charge in [0.15, 0.2) is 0 Å². The molecule has 0 fully saturated rings. The predicted molar refractivity (Wildman–Crippen MR) is 255 cm³/mol. The Bertz CT molecular complexity index is 2700. The average Bonchev–Trinajstić information content (AvgIpc) is 3.80. The van der Waals surface area contributed by atoms with E-state index in [1.807, 2.05) is 24.4 Å². The second-order valence-corrected chi connectivity index (χ2v) is 20.3. The molecule has 61 heavy (non-hydrogen) atoms. The topological polar surface area (TPSA) is 33.5 Å². The summed E-state index contributed by atoms with van der Waals surface area (Å²) in [6.45, 7) is 28.1. The van der Waals surface area contributed by atoms with E-state index in [-0.39, 0.29) is 50.2 Å². The van der Waals surface area contributed by atoms with Crippen molar-refractivity contribution >= 4 is 33.2 Å². The predicted octanol–water partition coefficient (Wildman–Crippen LogP) is 14.6. The van der Waals surface area contributed by atoms with Crippen LogP contribution in [-0.2, 0) is 42.7 Å². The van der Waals surface area contributed by atoms with Crippen LogP contribution in [0.1, 0.15) is 105 Å². The molecular weight excluding hydrogens is 928 g/mol. The number of fused-ring (bicyclic) bond motifs is 3. The summed E-state index contributed by atoms with van der Waals surface area (Å²) in [7, 11) is 0. The molecule has 5 nitrogen and oxygen atoms in total. The van der Waals surface area contributed by atoms with Crippen LogP contribution in [0.3, 0.4) is 0 Å². The standard InChI is InChI=1S/C54H58N4O.CH3.Pt/c1-51(2,3)38-22-23-55-50(32-38)58-48-19-14-13-18-46(48)47-21-20-45(34-49(47)58)59-44-17-15-16-42(33-44)56-24-25-57(35-56)43-29-37(28-41(31-43)54(10,11)12)36-26-39(52(4,5)6)30-40(27-36)53(7,8)9;;/h13-32H,35H2,1-12H3;1H3;/q-2;-1;. The minimum atomic E-state index is -0.0246. The van der Waals surface area contributed by atoms with Crippen molar-refractivity contribution in [2.75, 3.05) is 16.5 Å². The summed E-state index contributed by atoms with van der Waals surface area (Å²) in [5, 5.41) is 2.26. The maximum atomic E-state index is 6.54. The van der Waals surface area contributed by atoms with Gasteiger partial charge in [0.2, 0.25) is 0 Å². The van der Waals surface area contributed by atoms with Gasteiger partial charge in [-0.2, -0.15) is 12.1 Å². The number of nitrogens with zero attached hydrogens (tertiary/aromatic N) is 4. The number of ether oxygens (including phenoxy) is 1. The molecule has 8 rings (SSSR count). The van der Waals surface area contributed by atoms with E-state index in [2.05, 4.69) is 207 Å². The van der Waals surface area contributed by atoms with Gasteiger partial charge >= 0.3 is 0 Å². The van der Waals surface area contributed by atoms with Crippen LogP contribution in [0.2, 0.25) is 0 Å². The van der Waals surface area contributed by atoms with Gasteiger partial charge < -0.3 is 26.5 Å². The fraction of sp³-hybridized carbons (Fsp3) is 0.309. The number of para-hydroxylation sites is 1. The first-order valence-electron chi connectivity index (χ1n) is 20.9. The fourth-order valence-electron chi connectivity index (χ4n) is 7.74. The molecule has 1 aliphatic rings. The number of hydrogen-bond donors (Lipinski definition) is 0. The van der Waals surface area contributed by atoms with Crippen LogP contribution in [-0.4, -0.2) is 16.2 Å². The largest absolute Gasteiger partial charge is 0.509 e. The summed E-state index contributed by atoms with van der Waals surface area (Å²) in [5.74, 6) is 2.12. The molecule has 0 saturated heterocycles. The minimum absolute atomic E-state index is 0. The Morgan fingerprint density at radius 2 is 1.13 bits per heavy atom. The molecule has 3 heterocycles. The molecule has 0 radical (unpaired) electrons. The molecule has 320 valence electrons. The summed E-state index contributed by atoms with van der Waals surface area (Å²) in [5.41, 5.74) is 11.9. The van der Waals surface area contributed by atoms with Crippen molar-refractivity contribution in [3.63, 3.8) is 0 Å². The summed E-state index contributed by atoms with van der Waals surface area (Å²) in [6, 6.07) is 44.4. The SMILES string of the molecule is CC(C)(C)c1cc(-c2cc(C(C)(C)C)cc(C(C)(C)C)c2)cc(N2C=CN(c3[c-]c(Oc4[c-]c5c(cc4)c4ccccc4n5-c4cc(C(C)(C)C)ccn4)ccc3)C2)c1.[CH3-].[Pt]. The van der Waals surface area contributed by atoms with Crippen LogP contribution in [0.5, 0.6) is 11.5 Å². The van der Waals surface area contributed by atoms with Crippen LogP contribution < -0.4 is 14.5 Å². The average molecular weight is 989 g/mol. The van der Waals surface area contributed by atoms with Crippen molar-refractivity contribution < 1.29 is 25.8 Å². The molecule has 0 bridgehead atoms. The molecule has 2 aromatic heterocycles. The number of aromatic nitrogens is 2. The monoisotopic (exact) mass is 988 g/mol. The summed E-state index contributed by atoms with van der Waals surface area (Å²) in [4.78, 5) is 9.37. The molecule has 7 aromatic rings. The number of pyridine rings is 1. The van der Waals surface area contributed by atoms with Crippen LogP contribution in [0.15, 0.2) is 122 Å². The Morgan fingerprint density at radius 3 is 1.79 bits per heavy atom. The van der Waals surface area contributed by atoms with Gasteiger partial charge in [-0.3, -0.25) is 0 Å². The Morgan fingerprint density at radius 1 is 0.541 bits per heavy atom. The van der Waals surface area contributed by atoms with Gasteiger partial charge in [0.1, 0.15) is 5.82 Å². The molecule has 0 unspecified atom stereocenters. The van der Waals surface area contributed by atoms with Crippen LogP contribution in [0, 0.1) is 19.6 Å². The number of anilines is 2. The van der Waals surface area contributed by atoms with E-state index in [1.54, 1.807) is 0 Å². The number of benzene rings is 5. The van der Waals surface area contributed by atoms with Gasteiger partial charge in [-0.15, -0.1) is 35.7 Å². The van der Waals surface area contributed by atoms with Crippen molar-refractivity contribution in [2.45, 2.75) is 105 Å². The maximum absolute atomic E-state index is 6.54. The Kier molecular flexibility index (Phi) is 12.4. The minimum Gasteiger partial charge on any atom is -0.509 e. The summed E-state index contributed by atoms with van der Waals surface area (Å²) < 4.78 is 8.73. The zero-order chi connectivity index (χ0) is 42.1. The molecule has 5 aromatic carbocycles. The molecule has 0 saturated carbocycles. The van der Waals surface area contributed by atoms with Crippen LogP contribution >= 0.6 is 0 Å². The summed E-state index contributed by atoms with van der Waals surface area (Å²) in [6.07, 6.45) is 6.20. The van der Waals surface area contributed by atoms with E-state index < -0.39 is 0 Å². The molecule has 1 aliphatic heterocycles. The van der Waals surface area contributed by atoms with Crippen molar-refractivity contribution in [1.29, 1.82) is 0 Å². The van der Waals surface area contributed by atoms with Gasteiger partial charge in [0.25, 0.3) is 0 Å².